The molecule has 26 heavy (non-hydrogen) atoms. The van der Waals surface area contributed by atoms with Gasteiger partial charge in [0.1, 0.15) is 5.82 Å². The Balaban J connectivity index is 1.86. The van der Waals surface area contributed by atoms with Crippen LogP contribution in [0.3, 0.4) is 0 Å². The fourth-order valence-electron chi connectivity index (χ4n) is 2.66. The van der Waals surface area contributed by atoms with Gasteiger partial charge in [-0.3, -0.25) is 9.59 Å². The van der Waals surface area contributed by atoms with Crippen LogP contribution >= 0.6 is 0 Å². The molecule has 1 aliphatic rings. The molecule has 0 saturated carbocycles. The van der Waals surface area contributed by atoms with Gasteiger partial charge in [0.15, 0.2) is 6.10 Å². The highest BCUT2D eigenvalue weighted by Crippen LogP contribution is 2.21. The number of carbonyl (C=O) groups excluding carboxylic acids is 2. The summed E-state index contributed by atoms with van der Waals surface area (Å²) in [6, 6.07) is 4.30. The van der Waals surface area contributed by atoms with Crippen molar-refractivity contribution in [3.05, 3.63) is 29.6 Å². The van der Waals surface area contributed by atoms with E-state index in [0.717, 1.165) is 6.26 Å². The maximum Gasteiger partial charge on any atom is 0.309 e. The van der Waals surface area contributed by atoms with Gasteiger partial charge in [0, 0.05) is 18.8 Å². The van der Waals surface area contributed by atoms with Gasteiger partial charge in [-0.1, -0.05) is 6.07 Å². The Kier molecular flexibility index (Phi) is 6.35. The summed E-state index contributed by atoms with van der Waals surface area (Å²) in [5.41, 5.74) is 0.741. The van der Waals surface area contributed by atoms with Gasteiger partial charge in [0.2, 0.25) is 10.0 Å². The zero-order valence-electron chi connectivity index (χ0n) is 15.0. The highest BCUT2D eigenvalue weighted by molar-refractivity contribution is 7.88. The number of nitrogens with one attached hydrogen (secondary N) is 1. The predicted octanol–water partition coefficient (Wildman–Crippen LogP) is 1.68. The van der Waals surface area contributed by atoms with E-state index in [9.17, 15) is 22.4 Å². The average molecular weight is 386 g/mol. The largest absolute Gasteiger partial charge is 0.452 e. The number of carbonyl (C=O) groups is 2. The molecule has 1 fully saturated rings. The van der Waals surface area contributed by atoms with E-state index in [-0.39, 0.29) is 18.8 Å². The number of benzene rings is 1. The van der Waals surface area contributed by atoms with E-state index in [4.69, 9.17) is 4.74 Å². The fourth-order valence-corrected chi connectivity index (χ4v) is 3.54. The number of aryl methyl sites for hydroxylation is 1. The molecule has 1 N–H and O–H groups in total. The lowest BCUT2D eigenvalue weighted by molar-refractivity contribution is -0.158. The Morgan fingerprint density at radius 2 is 1.92 bits per heavy atom. The topological polar surface area (TPSA) is 92.8 Å². The predicted molar refractivity (Wildman–Crippen MR) is 94.5 cm³/mol. The van der Waals surface area contributed by atoms with Gasteiger partial charge in [-0.2, -0.15) is 0 Å². The van der Waals surface area contributed by atoms with E-state index in [1.807, 2.05) is 0 Å². The zero-order chi connectivity index (χ0) is 19.5. The second kappa shape index (κ2) is 8.13. The first-order valence-electron chi connectivity index (χ1n) is 8.30. The SMILES string of the molecule is Cc1ccc(NC(=O)[C@H](C)OC(=O)C2CCN(S(C)(=O)=O)CC2)cc1F. The monoisotopic (exact) mass is 386 g/mol. The van der Waals surface area contributed by atoms with E-state index in [0.29, 0.717) is 18.4 Å². The lowest BCUT2D eigenvalue weighted by Crippen LogP contribution is -2.41. The number of nitrogens with zero attached hydrogens (tertiary/aromatic N) is 1. The Morgan fingerprint density at radius 3 is 2.46 bits per heavy atom. The van der Waals surface area contributed by atoms with Crippen molar-refractivity contribution >= 4 is 27.6 Å². The molecule has 7 nitrogen and oxygen atoms in total. The maximum atomic E-state index is 13.5. The summed E-state index contributed by atoms with van der Waals surface area (Å²) in [6.07, 6.45) is 0.790. The van der Waals surface area contributed by atoms with E-state index in [1.54, 1.807) is 13.0 Å². The third kappa shape index (κ3) is 5.25. The molecule has 0 aliphatic carbocycles. The van der Waals surface area contributed by atoms with Gasteiger partial charge in [-0.15, -0.1) is 0 Å². The average Bonchev–Trinajstić information content (AvgIpc) is 2.57. The number of ether oxygens (including phenoxy) is 1. The van der Waals surface area contributed by atoms with Crippen molar-refractivity contribution in [2.45, 2.75) is 32.8 Å². The van der Waals surface area contributed by atoms with Gasteiger partial charge in [0.25, 0.3) is 5.91 Å². The summed E-state index contributed by atoms with van der Waals surface area (Å²) in [4.78, 5) is 24.3. The minimum atomic E-state index is -3.27. The van der Waals surface area contributed by atoms with Gasteiger partial charge < -0.3 is 10.1 Å². The Labute approximate surface area is 152 Å². The molecule has 1 amide bonds. The second-order valence-corrected chi connectivity index (χ2v) is 8.45. The van der Waals surface area contributed by atoms with Gasteiger partial charge in [-0.05, 0) is 44.4 Å². The van der Waals surface area contributed by atoms with Crippen molar-refractivity contribution < 1.29 is 27.1 Å². The van der Waals surface area contributed by atoms with Crippen molar-refractivity contribution in [1.82, 2.24) is 4.31 Å². The summed E-state index contributed by atoms with van der Waals surface area (Å²) in [5, 5.41) is 2.50. The number of sulfonamides is 1. The number of halogens is 1. The molecule has 1 aromatic carbocycles. The molecule has 1 heterocycles. The van der Waals surface area contributed by atoms with Crippen LogP contribution < -0.4 is 5.32 Å². The molecule has 1 atom stereocenters. The lowest BCUT2D eigenvalue weighted by Gasteiger charge is -2.29. The first-order chi connectivity index (χ1) is 12.1. The minimum absolute atomic E-state index is 0.252. The van der Waals surface area contributed by atoms with Crippen LogP contribution in [0, 0.1) is 18.7 Å². The summed E-state index contributed by atoms with van der Waals surface area (Å²) < 4.78 is 43.0. The number of hydrogen-bond donors (Lipinski definition) is 1. The maximum absolute atomic E-state index is 13.5. The van der Waals surface area contributed by atoms with Gasteiger partial charge in [0.05, 0.1) is 12.2 Å². The second-order valence-electron chi connectivity index (χ2n) is 6.47. The van der Waals surface area contributed by atoms with Crippen LogP contribution in [-0.4, -0.2) is 50.0 Å². The number of hydrogen-bond acceptors (Lipinski definition) is 5. The molecular formula is C17H23FN2O5S. The van der Waals surface area contributed by atoms with Crippen molar-refractivity contribution in [3.63, 3.8) is 0 Å². The van der Waals surface area contributed by atoms with Crippen molar-refractivity contribution in [3.8, 4) is 0 Å². The van der Waals surface area contributed by atoms with Crippen LogP contribution in [0.4, 0.5) is 10.1 Å². The molecule has 144 valence electrons. The highest BCUT2D eigenvalue weighted by atomic mass is 32.2. The summed E-state index contributed by atoms with van der Waals surface area (Å²) >= 11 is 0. The number of rotatable bonds is 5. The first-order valence-corrected chi connectivity index (χ1v) is 10.2. The van der Waals surface area contributed by atoms with Crippen LogP contribution in [0.1, 0.15) is 25.3 Å². The highest BCUT2D eigenvalue weighted by Gasteiger charge is 2.31. The lowest BCUT2D eigenvalue weighted by atomic mass is 9.98. The molecule has 1 aliphatic heterocycles. The quantitative estimate of drug-likeness (QED) is 0.777. The molecule has 0 unspecified atom stereocenters. The summed E-state index contributed by atoms with van der Waals surface area (Å²) in [6.45, 7) is 3.55. The number of piperidine rings is 1. The molecule has 1 aromatic rings. The van der Waals surface area contributed by atoms with E-state index in [1.165, 1.54) is 23.4 Å². The summed E-state index contributed by atoms with van der Waals surface area (Å²) in [5.74, 6) is -1.98. The Morgan fingerprint density at radius 1 is 1.31 bits per heavy atom. The molecule has 2 rings (SSSR count). The molecule has 0 radical (unpaired) electrons. The molecule has 0 bridgehead atoms. The molecule has 0 spiro atoms. The van der Waals surface area contributed by atoms with Crippen molar-refractivity contribution in [2.24, 2.45) is 5.92 Å². The van der Waals surface area contributed by atoms with Crippen LogP contribution in [0.15, 0.2) is 18.2 Å². The van der Waals surface area contributed by atoms with E-state index < -0.39 is 39.7 Å². The third-order valence-electron chi connectivity index (χ3n) is 4.36. The molecular weight excluding hydrogens is 363 g/mol. The van der Waals surface area contributed by atoms with E-state index in [2.05, 4.69) is 5.32 Å². The Hall–Kier alpha value is -2.00. The van der Waals surface area contributed by atoms with Gasteiger partial charge in [-0.25, -0.2) is 17.1 Å². The van der Waals surface area contributed by atoms with E-state index >= 15 is 0 Å². The number of anilines is 1. The molecule has 0 aromatic heterocycles. The van der Waals surface area contributed by atoms with Crippen LogP contribution in [-0.2, 0) is 24.3 Å². The summed E-state index contributed by atoms with van der Waals surface area (Å²) in [7, 11) is -3.27. The van der Waals surface area contributed by atoms with Crippen LogP contribution in [0.25, 0.3) is 0 Å². The minimum Gasteiger partial charge on any atom is -0.452 e. The Bertz CT molecular complexity index is 788. The fraction of sp³-hybridized carbons (Fsp3) is 0.529. The normalized spacial score (nSPS) is 17.5. The van der Waals surface area contributed by atoms with Crippen LogP contribution in [0.5, 0.6) is 0 Å². The number of esters is 1. The number of amides is 1. The van der Waals surface area contributed by atoms with Crippen molar-refractivity contribution in [2.75, 3.05) is 24.7 Å². The third-order valence-corrected chi connectivity index (χ3v) is 5.66. The molecule has 1 saturated heterocycles. The first kappa shape index (κ1) is 20.3. The molecule has 9 heteroatoms. The standard InChI is InChI=1S/C17H23FN2O5S/c1-11-4-5-14(10-15(11)18)19-16(21)12(2)25-17(22)13-6-8-20(9-7-13)26(3,23)24/h4-5,10,12-13H,6-9H2,1-3H3,(H,19,21)/t12-/m0/s1. The van der Waals surface area contributed by atoms with Crippen LogP contribution in [0.2, 0.25) is 0 Å². The van der Waals surface area contributed by atoms with Gasteiger partial charge >= 0.3 is 5.97 Å². The smallest absolute Gasteiger partial charge is 0.309 e. The zero-order valence-corrected chi connectivity index (χ0v) is 15.8. The van der Waals surface area contributed by atoms with Crippen molar-refractivity contribution in [1.29, 1.82) is 0 Å².